The third-order valence-corrected chi connectivity index (χ3v) is 19.3. The van der Waals surface area contributed by atoms with Crippen molar-refractivity contribution in [1.29, 1.82) is 0 Å². The summed E-state index contributed by atoms with van der Waals surface area (Å²) in [6, 6.07) is -0.967. The van der Waals surface area contributed by atoms with Crippen LogP contribution in [0.1, 0.15) is 316 Å². The monoisotopic (exact) mass is 1320 g/mol. The Hall–Kier alpha value is -1.47. The molecule has 1 amide bonds. The van der Waals surface area contributed by atoms with E-state index in [0.717, 1.165) is 44.9 Å². The van der Waals surface area contributed by atoms with Gasteiger partial charge in [-0.25, -0.2) is 0 Å². The Kier molecular flexibility index (Phi) is 51.0. The predicted molar refractivity (Wildman–Crippen MR) is 360 cm³/mol. The average molecular weight is 1320 g/mol. The molecule has 3 fully saturated rings. The number of rotatable bonds is 60. The Morgan fingerprint density at radius 2 is 0.674 bits per heavy atom. The van der Waals surface area contributed by atoms with Crippen molar-refractivity contribution in [2.45, 2.75) is 420 Å². The summed E-state index contributed by atoms with van der Waals surface area (Å²) in [5.74, 6) is -0.270. The molecule has 0 spiro atoms. The number of hydrogen-bond donors (Lipinski definition) is 12. The second-order valence-electron chi connectivity index (χ2n) is 27.5. The molecule has 0 radical (unpaired) electrons. The van der Waals surface area contributed by atoms with E-state index in [0.29, 0.717) is 6.42 Å². The van der Waals surface area contributed by atoms with Gasteiger partial charge >= 0.3 is 0 Å². The topological polar surface area (TPSA) is 307 Å². The van der Waals surface area contributed by atoms with Crippen LogP contribution in [0, 0.1) is 0 Å². The highest BCUT2D eigenvalue weighted by Crippen LogP contribution is 2.33. The van der Waals surface area contributed by atoms with E-state index in [1.54, 1.807) is 6.08 Å². The number of aliphatic hydroxyl groups is 11. The van der Waals surface area contributed by atoms with Crippen molar-refractivity contribution >= 4 is 5.91 Å². The van der Waals surface area contributed by atoms with Crippen LogP contribution in [0.5, 0.6) is 0 Å². The fourth-order valence-corrected chi connectivity index (χ4v) is 13.2. The molecule has 12 N–H and O–H groups in total. The molecule has 0 saturated carbocycles. The molecule has 92 heavy (non-hydrogen) atoms. The summed E-state index contributed by atoms with van der Waals surface area (Å²) in [6.07, 6.45) is 36.8. The van der Waals surface area contributed by atoms with Crippen LogP contribution in [-0.2, 0) is 33.2 Å². The number of unbranched alkanes of at least 4 members (excludes halogenated alkanes) is 44. The van der Waals surface area contributed by atoms with Gasteiger partial charge in [0.1, 0.15) is 73.2 Å². The number of ether oxygens (including phenoxy) is 6. The van der Waals surface area contributed by atoms with Crippen molar-refractivity contribution in [3.63, 3.8) is 0 Å². The molecule has 3 heterocycles. The normalized spacial score (nSPS) is 27.7. The third kappa shape index (κ3) is 36.4. The number of allylic oxidation sites excluding steroid dienone is 1. The largest absolute Gasteiger partial charge is 0.394 e. The first-order valence-electron chi connectivity index (χ1n) is 37.9. The Morgan fingerprint density at radius 1 is 0.380 bits per heavy atom. The van der Waals surface area contributed by atoms with E-state index in [-0.39, 0.29) is 18.9 Å². The minimum absolute atomic E-state index is 0.249. The second kappa shape index (κ2) is 55.4. The van der Waals surface area contributed by atoms with Crippen LogP contribution in [0.25, 0.3) is 0 Å². The summed E-state index contributed by atoms with van der Waals surface area (Å²) in [4.78, 5) is 13.4. The zero-order chi connectivity index (χ0) is 66.8. The van der Waals surface area contributed by atoms with Crippen molar-refractivity contribution in [3.8, 4) is 0 Å². The van der Waals surface area contributed by atoms with Crippen LogP contribution in [-0.4, -0.2) is 193 Å². The highest BCUT2D eigenvalue weighted by Gasteiger charge is 2.53. The molecule has 19 nitrogen and oxygen atoms in total. The summed E-state index contributed by atoms with van der Waals surface area (Å²) < 4.78 is 34.3. The molecule has 0 aromatic carbocycles. The van der Waals surface area contributed by atoms with Gasteiger partial charge in [-0.1, -0.05) is 302 Å². The quantitative estimate of drug-likeness (QED) is 0.0199. The third-order valence-electron chi connectivity index (χ3n) is 19.3. The molecule has 17 unspecified atom stereocenters. The molecule has 0 aromatic heterocycles. The zero-order valence-electron chi connectivity index (χ0n) is 57.8. The standard InChI is InChI=1S/C73H139NO18/c1-3-5-7-9-11-13-15-16-17-18-19-20-21-22-23-24-25-26-27-28-29-30-31-32-33-34-35-36-37-38-39-41-43-45-47-49-51-61(79)74-56(57(78)50-48-46-44-42-40-14-12-10-8-6-4-2)55-87-71-67(85)64(82)69(59(53-76)89-71)92-73-68(86)65(83)70(60(54-77)90-73)91-72-66(84)63(81)62(80)58(52-75)88-72/h48,50,56-60,62-73,75-78,80-86H,3-47,49,51-55H2,1-2H3,(H,74,79)/b50-48+. The van der Waals surface area contributed by atoms with Gasteiger partial charge in [-0.15, -0.1) is 0 Å². The van der Waals surface area contributed by atoms with E-state index in [2.05, 4.69) is 19.2 Å². The van der Waals surface area contributed by atoms with E-state index < -0.39 is 124 Å². The summed E-state index contributed by atoms with van der Waals surface area (Å²) >= 11 is 0. The van der Waals surface area contributed by atoms with E-state index in [1.165, 1.54) is 244 Å². The Bertz CT molecular complexity index is 1720. The second-order valence-corrected chi connectivity index (χ2v) is 27.5. The van der Waals surface area contributed by atoms with Gasteiger partial charge in [0, 0.05) is 6.42 Å². The van der Waals surface area contributed by atoms with Crippen LogP contribution >= 0.6 is 0 Å². The zero-order valence-corrected chi connectivity index (χ0v) is 57.8. The maximum absolute atomic E-state index is 13.4. The van der Waals surface area contributed by atoms with Crippen molar-refractivity contribution in [1.82, 2.24) is 5.32 Å². The average Bonchev–Trinajstić information content (AvgIpc) is 0.876. The lowest BCUT2D eigenvalue weighted by Crippen LogP contribution is -2.66. The molecule has 0 bridgehead atoms. The highest BCUT2D eigenvalue weighted by molar-refractivity contribution is 5.76. The summed E-state index contributed by atoms with van der Waals surface area (Å²) in [5, 5.41) is 120. The van der Waals surface area contributed by atoms with Gasteiger partial charge in [-0.3, -0.25) is 4.79 Å². The predicted octanol–water partition coefficient (Wildman–Crippen LogP) is 11.2. The molecule has 544 valence electrons. The van der Waals surface area contributed by atoms with Gasteiger partial charge in [0.2, 0.25) is 5.91 Å². The first kappa shape index (κ1) is 84.8. The van der Waals surface area contributed by atoms with Crippen LogP contribution < -0.4 is 5.32 Å². The van der Waals surface area contributed by atoms with Gasteiger partial charge in [-0.05, 0) is 19.3 Å². The molecular weight excluding hydrogens is 1180 g/mol. The minimum Gasteiger partial charge on any atom is -0.394 e. The highest BCUT2D eigenvalue weighted by atomic mass is 16.8. The lowest BCUT2D eigenvalue weighted by atomic mass is 9.96. The first-order chi connectivity index (χ1) is 44.8. The fraction of sp³-hybridized carbons (Fsp3) is 0.959. The summed E-state index contributed by atoms with van der Waals surface area (Å²) in [7, 11) is 0. The summed E-state index contributed by atoms with van der Waals surface area (Å²) in [5.41, 5.74) is 0. The Morgan fingerprint density at radius 3 is 1.02 bits per heavy atom. The summed E-state index contributed by atoms with van der Waals surface area (Å²) in [6.45, 7) is 1.75. The van der Waals surface area contributed by atoms with Crippen molar-refractivity contribution in [2.75, 3.05) is 26.4 Å². The van der Waals surface area contributed by atoms with Gasteiger partial charge in [0.25, 0.3) is 0 Å². The Labute approximate surface area is 556 Å². The maximum Gasteiger partial charge on any atom is 0.220 e. The minimum atomic E-state index is -1.98. The smallest absolute Gasteiger partial charge is 0.220 e. The van der Waals surface area contributed by atoms with Crippen molar-refractivity contribution in [3.05, 3.63) is 12.2 Å². The van der Waals surface area contributed by atoms with E-state index in [9.17, 15) is 61.0 Å². The van der Waals surface area contributed by atoms with E-state index in [1.807, 2.05) is 6.08 Å². The lowest BCUT2D eigenvalue weighted by Gasteiger charge is -2.48. The number of carbonyl (C=O) groups is 1. The van der Waals surface area contributed by atoms with Gasteiger partial charge < -0.3 is 89.9 Å². The van der Waals surface area contributed by atoms with E-state index >= 15 is 0 Å². The first-order valence-corrected chi connectivity index (χ1v) is 37.9. The van der Waals surface area contributed by atoms with Crippen molar-refractivity contribution in [2.24, 2.45) is 0 Å². The van der Waals surface area contributed by atoms with Crippen LogP contribution in [0.3, 0.4) is 0 Å². The number of nitrogens with one attached hydrogen (secondary N) is 1. The maximum atomic E-state index is 13.4. The Balaban J connectivity index is 1.29. The molecular formula is C73H139NO18. The number of aliphatic hydroxyl groups excluding tert-OH is 11. The molecule has 3 saturated heterocycles. The molecule has 3 aliphatic rings. The molecule has 17 atom stereocenters. The number of carbonyl (C=O) groups excluding carboxylic acids is 1. The van der Waals surface area contributed by atoms with Crippen molar-refractivity contribution < 1.29 is 89.4 Å². The van der Waals surface area contributed by atoms with Gasteiger partial charge in [0.15, 0.2) is 18.9 Å². The van der Waals surface area contributed by atoms with Crippen LogP contribution in [0.2, 0.25) is 0 Å². The fourth-order valence-electron chi connectivity index (χ4n) is 13.2. The van der Waals surface area contributed by atoms with Crippen LogP contribution in [0.15, 0.2) is 12.2 Å². The molecule has 19 heteroatoms. The van der Waals surface area contributed by atoms with Gasteiger partial charge in [0.05, 0.1) is 38.6 Å². The SMILES string of the molecule is CCCCCCCCCCC/C=C/C(O)C(COC1OC(CO)C(OC2OC(CO)C(OC3OC(CO)C(O)C(O)C3O)C(O)C2O)C(O)C1O)NC(=O)CCCCCCCCCCCCCCCCCCCCCCCCCCCCCCCCCCCCCC. The molecule has 3 rings (SSSR count). The van der Waals surface area contributed by atoms with E-state index in [4.69, 9.17) is 28.4 Å². The number of amides is 1. The lowest BCUT2D eigenvalue weighted by molar-refractivity contribution is -0.379. The van der Waals surface area contributed by atoms with Gasteiger partial charge in [-0.2, -0.15) is 0 Å². The molecule has 3 aliphatic heterocycles. The van der Waals surface area contributed by atoms with Crippen LogP contribution in [0.4, 0.5) is 0 Å². The molecule has 0 aromatic rings. The number of hydrogen-bond acceptors (Lipinski definition) is 18. The molecule has 0 aliphatic carbocycles.